The van der Waals surface area contributed by atoms with Crippen molar-refractivity contribution in [3.8, 4) is 28.7 Å². The van der Waals surface area contributed by atoms with Gasteiger partial charge in [-0.25, -0.2) is 0 Å². The molecule has 0 aliphatic heterocycles. The van der Waals surface area contributed by atoms with E-state index in [1.807, 2.05) is 18.2 Å². The molecule has 1 heterocycles. The van der Waals surface area contributed by atoms with Gasteiger partial charge in [0, 0.05) is 6.54 Å². The Balaban J connectivity index is 1.70. The lowest BCUT2D eigenvalue weighted by Gasteiger charge is -2.09. The first kappa shape index (κ1) is 18.2. The summed E-state index contributed by atoms with van der Waals surface area (Å²) in [5.41, 5.74) is 1.46. The molecular formula is C19H19N3O5. The van der Waals surface area contributed by atoms with E-state index >= 15 is 0 Å². The van der Waals surface area contributed by atoms with Crippen LogP contribution in [0.3, 0.4) is 0 Å². The molecule has 0 atom stereocenters. The van der Waals surface area contributed by atoms with Crippen molar-refractivity contribution < 1.29 is 23.4 Å². The first-order chi connectivity index (χ1) is 13.2. The smallest absolute Gasteiger partial charge is 0.309 e. The molecule has 0 bridgehead atoms. The molecule has 0 unspecified atom stereocenters. The Bertz CT molecular complexity index is 939. The Labute approximate surface area is 156 Å². The van der Waals surface area contributed by atoms with Gasteiger partial charge >= 0.3 is 11.8 Å². The second kappa shape index (κ2) is 8.22. The first-order valence-electron chi connectivity index (χ1n) is 8.12. The summed E-state index contributed by atoms with van der Waals surface area (Å²) < 4.78 is 21.2. The van der Waals surface area contributed by atoms with Crippen molar-refractivity contribution in [3.05, 3.63) is 53.9 Å². The molecule has 8 nitrogen and oxygen atoms in total. The van der Waals surface area contributed by atoms with Crippen LogP contribution in [0.25, 0.3) is 11.5 Å². The van der Waals surface area contributed by atoms with Gasteiger partial charge in [-0.1, -0.05) is 18.2 Å². The SMILES string of the molecule is COc1ccc(CNC(=O)c2nnc(-c3ccccc3OC)o2)cc1OC. The summed E-state index contributed by atoms with van der Waals surface area (Å²) in [4.78, 5) is 12.3. The van der Waals surface area contributed by atoms with Gasteiger partial charge in [0.1, 0.15) is 5.75 Å². The average molecular weight is 369 g/mol. The van der Waals surface area contributed by atoms with E-state index in [1.54, 1.807) is 45.6 Å². The zero-order chi connectivity index (χ0) is 19.2. The Morgan fingerprint density at radius 3 is 2.44 bits per heavy atom. The van der Waals surface area contributed by atoms with Crippen LogP contribution in [0.5, 0.6) is 17.2 Å². The quantitative estimate of drug-likeness (QED) is 0.684. The highest BCUT2D eigenvalue weighted by atomic mass is 16.5. The van der Waals surface area contributed by atoms with E-state index in [1.165, 1.54) is 0 Å². The molecule has 27 heavy (non-hydrogen) atoms. The van der Waals surface area contributed by atoms with Gasteiger partial charge in [0.05, 0.1) is 26.9 Å². The lowest BCUT2D eigenvalue weighted by atomic mass is 10.2. The Morgan fingerprint density at radius 2 is 1.70 bits per heavy atom. The molecule has 0 saturated heterocycles. The summed E-state index contributed by atoms with van der Waals surface area (Å²) in [5, 5.41) is 10.5. The molecule has 1 aromatic heterocycles. The number of nitrogens with one attached hydrogen (secondary N) is 1. The highest BCUT2D eigenvalue weighted by molar-refractivity contribution is 5.89. The van der Waals surface area contributed by atoms with E-state index in [4.69, 9.17) is 18.6 Å². The molecule has 0 radical (unpaired) electrons. The van der Waals surface area contributed by atoms with Gasteiger partial charge < -0.3 is 23.9 Å². The van der Waals surface area contributed by atoms with E-state index in [2.05, 4.69) is 15.5 Å². The van der Waals surface area contributed by atoms with Crippen LogP contribution >= 0.6 is 0 Å². The minimum Gasteiger partial charge on any atom is -0.496 e. The topological polar surface area (TPSA) is 95.7 Å². The van der Waals surface area contributed by atoms with Crippen LogP contribution in [0.1, 0.15) is 16.2 Å². The Hall–Kier alpha value is -3.55. The zero-order valence-electron chi connectivity index (χ0n) is 15.2. The predicted octanol–water partition coefficient (Wildman–Crippen LogP) is 2.69. The van der Waals surface area contributed by atoms with Crippen molar-refractivity contribution in [1.82, 2.24) is 15.5 Å². The number of rotatable bonds is 7. The number of hydrogen-bond donors (Lipinski definition) is 1. The van der Waals surface area contributed by atoms with Crippen molar-refractivity contribution in [3.63, 3.8) is 0 Å². The largest absolute Gasteiger partial charge is 0.496 e. The molecule has 0 aliphatic carbocycles. The number of benzene rings is 2. The number of aromatic nitrogens is 2. The van der Waals surface area contributed by atoms with Gasteiger partial charge in [0.2, 0.25) is 0 Å². The zero-order valence-corrected chi connectivity index (χ0v) is 15.2. The third kappa shape index (κ3) is 4.00. The third-order valence-corrected chi connectivity index (χ3v) is 3.86. The molecule has 3 rings (SSSR count). The third-order valence-electron chi connectivity index (χ3n) is 3.86. The van der Waals surface area contributed by atoms with Crippen LogP contribution < -0.4 is 19.5 Å². The van der Waals surface area contributed by atoms with Gasteiger partial charge in [0.15, 0.2) is 11.5 Å². The summed E-state index contributed by atoms with van der Waals surface area (Å²) in [7, 11) is 4.66. The minimum absolute atomic E-state index is 0.128. The molecule has 0 spiro atoms. The van der Waals surface area contributed by atoms with E-state index < -0.39 is 5.91 Å². The molecule has 0 aliphatic rings. The van der Waals surface area contributed by atoms with Crippen LogP contribution in [-0.2, 0) is 6.54 Å². The minimum atomic E-state index is -0.474. The molecule has 1 N–H and O–H groups in total. The van der Waals surface area contributed by atoms with Crippen LogP contribution in [-0.4, -0.2) is 37.4 Å². The number of ether oxygens (including phenoxy) is 3. The fourth-order valence-electron chi connectivity index (χ4n) is 2.49. The Kier molecular flexibility index (Phi) is 5.55. The van der Waals surface area contributed by atoms with Crippen LogP contribution in [0.4, 0.5) is 0 Å². The standard InChI is InChI=1S/C19H19N3O5/c1-24-14-7-5-4-6-13(14)18-21-22-19(27-18)17(23)20-11-12-8-9-15(25-2)16(10-12)26-3/h4-10H,11H2,1-3H3,(H,20,23). The molecule has 3 aromatic rings. The maximum atomic E-state index is 12.3. The number of carbonyl (C=O) groups excluding carboxylic acids is 1. The van der Waals surface area contributed by atoms with Crippen molar-refractivity contribution in [2.45, 2.75) is 6.54 Å². The number of para-hydroxylation sites is 1. The van der Waals surface area contributed by atoms with Crippen molar-refractivity contribution >= 4 is 5.91 Å². The molecule has 0 fully saturated rings. The van der Waals surface area contributed by atoms with Gasteiger partial charge in [0.25, 0.3) is 5.89 Å². The van der Waals surface area contributed by atoms with Crippen LogP contribution in [0, 0.1) is 0 Å². The molecule has 2 aromatic carbocycles. The first-order valence-corrected chi connectivity index (χ1v) is 8.12. The average Bonchev–Trinajstić information content (AvgIpc) is 3.21. The van der Waals surface area contributed by atoms with Gasteiger partial charge in [-0.15, -0.1) is 10.2 Å². The highest BCUT2D eigenvalue weighted by Crippen LogP contribution is 2.29. The fraction of sp³-hybridized carbons (Fsp3) is 0.211. The van der Waals surface area contributed by atoms with Crippen molar-refractivity contribution in [1.29, 1.82) is 0 Å². The number of nitrogens with zero attached hydrogens (tertiary/aromatic N) is 2. The van der Waals surface area contributed by atoms with Crippen LogP contribution in [0.2, 0.25) is 0 Å². The second-order valence-corrected chi connectivity index (χ2v) is 5.48. The van der Waals surface area contributed by atoms with E-state index in [0.29, 0.717) is 22.8 Å². The van der Waals surface area contributed by atoms with Gasteiger partial charge in [-0.05, 0) is 29.8 Å². The summed E-state index contributed by atoms with van der Waals surface area (Å²) >= 11 is 0. The van der Waals surface area contributed by atoms with Gasteiger partial charge in [-0.3, -0.25) is 4.79 Å². The molecule has 140 valence electrons. The molecule has 0 saturated carbocycles. The second-order valence-electron chi connectivity index (χ2n) is 5.48. The maximum Gasteiger partial charge on any atom is 0.309 e. The monoisotopic (exact) mass is 369 g/mol. The number of carbonyl (C=O) groups is 1. The molecule has 8 heteroatoms. The summed E-state index contributed by atoms with van der Waals surface area (Å²) in [6.07, 6.45) is 0. The lowest BCUT2D eigenvalue weighted by molar-refractivity contribution is 0.0916. The van der Waals surface area contributed by atoms with Crippen molar-refractivity contribution in [2.75, 3.05) is 21.3 Å². The highest BCUT2D eigenvalue weighted by Gasteiger charge is 2.18. The summed E-state index contributed by atoms with van der Waals surface area (Å²) in [6, 6.07) is 12.6. The predicted molar refractivity (Wildman–Crippen MR) is 97.0 cm³/mol. The van der Waals surface area contributed by atoms with E-state index in [-0.39, 0.29) is 18.3 Å². The maximum absolute atomic E-state index is 12.3. The fourth-order valence-corrected chi connectivity index (χ4v) is 2.49. The lowest BCUT2D eigenvalue weighted by Crippen LogP contribution is -2.23. The van der Waals surface area contributed by atoms with E-state index in [0.717, 1.165) is 5.56 Å². The van der Waals surface area contributed by atoms with Crippen molar-refractivity contribution in [2.24, 2.45) is 0 Å². The normalized spacial score (nSPS) is 10.3. The summed E-state index contributed by atoms with van der Waals surface area (Å²) in [6.45, 7) is 0.269. The number of methoxy groups -OCH3 is 3. The summed E-state index contributed by atoms with van der Waals surface area (Å²) in [5.74, 6) is 1.39. The van der Waals surface area contributed by atoms with Crippen LogP contribution in [0.15, 0.2) is 46.9 Å². The number of hydrogen-bond acceptors (Lipinski definition) is 7. The Morgan fingerprint density at radius 1 is 0.963 bits per heavy atom. The molecular weight excluding hydrogens is 350 g/mol. The van der Waals surface area contributed by atoms with E-state index in [9.17, 15) is 4.79 Å². The number of amides is 1. The van der Waals surface area contributed by atoms with Gasteiger partial charge in [-0.2, -0.15) is 0 Å². The molecule has 1 amide bonds.